The van der Waals surface area contributed by atoms with E-state index < -0.39 is 17.5 Å². The van der Waals surface area contributed by atoms with E-state index in [4.69, 9.17) is 9.47 Å². The molecule has 0 heterocycles. The summed E-state index contributed by atoms with van der Waals surface area (Å²) in [6.07, 6.45) is -4.63. The summed E-state index contributed by atoms with van der Waals surface area (Å²) < 4.78 is 50.1. The van der Waals surface area contributed by atoms with Gasteiger partial charge in [-0.3, -0.25) is 0 Å². The van der Waals surface area contributed by atoms with Crippen LogP contribution >= 0.6 is 0 Å². The first-order valence-electron chi connectivity index (χ1n) is 7.32. The first-order chi connectivity index (χ1) is 11.4. The molecular weight excluding hydrogens is 323 g/mol. The molecule has 7 heteroatoms. The van der Waals surface area contributed by atoms with E-state index in [1.165, 1.54) is 0 Å². The fourth-order valence-electron chi connectivity index (χ4n) is 2.25. The molecule has 4 nitrogen and oxygen atoms in total. The third kappa shape index (κ3) is 4.04. The Morgan fingerprint density at radius 1 is 1.08 bits per heavy atom. The minimum Gasteiger partial charge on any atom is -0.508 e. The number of hydrogen-bond acceptors (Lipinski definition) is 4. The van der Waals surface area contributed by atoms with E-state index in [2.05, 4.69) is 5.32 Å². The Hall–Kier alpha value is -2.57. The number of phenols is 1. The molecule has 2 N–H and O–H groups in total. The van der Waals surface area contributed by atoms with Crippen molar-refractivity contribution >= 4 is 5.69 Å². The van der Waals surface area contributed by atoms with Gasteiger partial charge in [-0.2, -0.15) is 13.2 Å². The number of aromatic hydroxyl groups is 1. The Balaban J connectivity index is 2.32. The molecule has 2 aromatic carbocycles. The Morgan fingerprint density at radius 3 is 2.46 bits per heavy atom. The lowest BCUT2D eigenvalue weighted by molar-refractivity contribution is -0.139. The van der Waals surface area contributed by atoms with Gasteiger partial charge < -0.3 is 19.9 Å². The van der Waals surface area contributed by atoms with Crippen LogP contribution in [0.3, 0.4) is 0 Å². The topological polar surface area (TPSA) is 50.7 Å². The molecule has 24 heavy (non-hydrogen) atoms. The van der Waals surface area contributed by atoms with Crippen LogP contribution in [0.25, 0.3) is 0 Å². The van der Waals surface area contributed by atoms with Crippen molar-refractivity contribution in [1.82, 2.24) is 0 Å². The maximum atomic E-state index is 13.1. The number of anilines is 1. The highest BCUT2D eigenvalue weighted by Gasteiger charge is 2.35. The van der Waals surface area contributed by atoms with Crippen LogP contribution in [-0.2, 0) is 12.8 Å². The predicted octanol–water partition coefficient (Wildman–Crippen LogP) is 4.43. The van der Waals surface area contributed by atoms with E-state index in [0.717, 1.165) is 12.1 Å². The molecule has 0 bridgehead atoms. The van der Waals surface area contributed by atoms with E-state index in [-0.39, 0.29) is 12.4 Å². The van der Waals surface area contributed by atoms with Gasteiger partial charge in [-0.25, -0.2) is 0 Å². The summed E-state index contributed by atoms with van der Waals surface area (Å²) in [5.74, 6) is -0.286. The molecule has 0 spiro atoms. The molecule has 0 saturated heterocycles. The highest BCUT2D eigenvalue weighted by atomic mass is 19.4. The first kappa shape index (κ1) is 17.8. The second kappa shape index (κ2) is 7.33. The zero-order valence-corrected chi connectivity index (χ0v) is 13.3. The third-order valence-electron chi connectivity index (χ3n) is 3.34. The quantitative estimate of drug-likeness (QED) is 0.816. The Morgan fingerprint density at radius 2 is 1.83 bits per heavy atom. The SMILES string of the molecule is CCOc1cccc(NC)c1COc1ccc(O)cc1C(F)(F)F. The predicted molar refractivity (Wildman–Crippen MR) is 84.6 cm³/mol. The van der Waals surface area contributed by atoms with Gasteiger partial charge in [0.05, 0.1) is 12.2 Å². The van der Waals surface area contributed by atoms with Gasteiger partial charge in [0.15, 0.2) is 0 Å². The van der Waals surface area contributed by atoms with Crippen molar-refractivity contribution in [2.75, 3.05) is 19.0 Å². The van der Waals surface area contributed by atoms with Gasteiger partial charge in [0, 0.05) is 12.7 Å². The Labute approximate surface area is 137 Å². The van der Waals surface area contributed by atoms with Crippen molar-refractivity contribution < 1.29 is 27.8 Å². The summed E-state index contributed by atoms with van der Waals surface area (Å²) in [4.78, 5) is 0. The van der Waals surface area contributed by atoms with Crippen LogP contribution in [0.15, 0.2) is 36.4 Å². The fraction of sp³-hybridized carbons (Fsp3) is 0.294. The van der Waals surface area contributed by atoms with Crippen molar-refractivity contribution in [3.05, 3.63) is 47.5 Å². The lowest BCUT2D eigenvalue weighted by Crippen LogP contribution is -2.10. The monoisotopic (exact) mass is 341 g/mol. The smallest absolute Gasteiger partial charge is 0.420 e. The largest absolute Gasteiger partial charge is 0.508 e. The number of ether oxygens (including phenoxy) is 2. The third-order valence-corrected chi connectivity index (χ3v) is 3.34. The van der Waals surface area contributed by atoms with Crippen molar-refractivity contribution in [3.8, 4) is 17.2 Å². The molecule has 0 atom stereocenters. The summed E-state index contributed by atoms with van der Waals surface area (Å²) in [6.45, 7) is 2.13. The molecule has 0 saturated carbocycles. The van der Waals surface area contributed by atoms with Crippen LogP contribution in [-0.4, -0.2) is 18.8 Å². The van der Waals surface area contributed by atoms with E-state index in [0.29, 0.717) is 29.7 Å². The number of halogens is 3. The maximum Gasteiger partial charge on any atom is 0.420 e. The number of benzene rings is 2. The van der Waals surface area contributed by atoms with Gasteiger partial charge in [0.25, 0.3) is 0 Å². The van der Waals surface area contributed by atoms with Crippen LogP contribution in [0.2, 0.25) is 0 Å². The van der Waals surface area contributed by atoms with Gasteiger partial charge in [-0.15, -0.1) is 0 Å². The van der Waals surface area contributed by atoms with Crippen LogP contribution < -0.4 is 14.8 Å². The molecule has 0 unspecified atom stereocenters. The molecule has 0 fully saturated rings. The van der Waals surface area contributed by atoms with Gasteiger partial charge in [0.2, 0.25) is 0 Å². The molecule has 0 aromatic heterocycles. The highest BCUT2D eigenvalue weighted by Crippen LogP contribution is 2.39. The molecular formula is C17H18F3NO3. The van der Waals surface area contributed by atoms with Crippen LogP contribution in [0.5, 0.6) is 17.2 Å². The second-order valence-electron chi connectivity index (χ2n) is 4.93. The molecule has 0 aliphatic rings. The normalized spacial score (nSPS) is 11.2. The van der Waals surface area contributed by atoms with E-state index in [1.807, 2.05) is 6.92 Å². The summed E-state index contributed by atoms with van der Waals surface area (Å²) in [5.41, 5.74) is 0.290. The van der Waals surface area contributed by atoms with Crippen molar-refractivity contribution in [1.29, 1.82) is 0 Å². The van der Waals surface area contributed by atoms with Crippen LogP contribution in [0, 0.1) is 0 Å². The Kier molecular flexibility index (Phi) is 5.43. The van der Waals surface area contributed by atoms with E-state index in [9.17, 15) is 18.3 Å². The van der Waals surface area contributed by atoms with Crippen LogP contribution in [0.1, 0.15) is 18.1 Å². The molecule has 2 rings (SSSR count). The van der Waals surface area contributed by atoms with Gasteiger partial charge in [-0.1, -0.05) is 6.07 Å². The lowest BCUT2D eigenvalue weighted by Gasteiger charge is -2.18. The van der Waals surface area contributed by atoms with Gasteiger partial charge in [0.1, 0.15) is 29.4 Å². The zero-order chi connectivity index (χ0) is 17.7. The standard InChI is InChI=1S/C17H18F3NO3/c1-3-23-15-6-4-5-14(21-2)12(15)10-24-16-8-7-11(22)9-13(16)17(18,19)20/h4-9,21-22H,3,10H2,1-2H3. The molecule has 130 valence electrons. The van der Waals surface area contributed by atoms with E-state index in [1.54, 1.807) is 25.2 Å². The summed E-state index contributed by atoms with van der Waals surface area (Å²) in [5, 5.41) is 12.3. The van der Waals surface area contributed by atoms with Crippen molar-refractivity contribution in [2.45, 2.75) is 19.7 Å². The summed E-state index contributed by atoms with van der Waals surface area (Å²) in [7, 11) is 1.70. The molecule has 0 aliphatic heterocycles. The van der Waals surface area contributed by atoms with Crippen molar-refractivity contribution in [2.24, 2.45) is 0 Å². The second-order valence-corrected chi connectivity index (χ2v) is 4.93. The number of nitrogens with one attached hydrogen (secondary N) is 1. The first-order valence-corrected chi connectivity index (χ1v) is 7.32. The average molecular weight is 341 g/mol. The summed E-state index contributed by atoms with van der Waals surface area (Å²) in [6, 6.07) is 8.18. The highest BCUT2D eigenvalue weighted by molar-refractivity contribution is 5.57. The molecule has 0 amide bonds. The molecule has 0 aliphatic carbocycles. The Bertz CT molecular complexity index is 702. The number of hydrogen-bond donors (Lipinski definition) is 2. The fourth-order valence-corrected chi connectivity index (χ4v) is 2.25. The zero-order valence-electron chi connectivity index (χ0n) is 13.3. The average Bonchev–Trinajstić information content (AvgIpc) is 2.53. The van der Waals surface area contributed by atoms with Gasteiger partial charge in [-0.05, 0) is 37.3 Å². The summed E-state index contributed by atoms with van der Waals surface area (Å²) >= 11 is 0. The van der Waals surface area contributed by atoms with Crippen molar-refractivity contribution in [3.63, 3.8) is 0 Å². The van der Waals surface area contributed by atoms with E-state index >= 15 is 0 Å². The maximum absolute atomic E-state index is 13.1. The number of phenolic OH excluding ortho intramolecular Hbond substituents is 1. The lowest BCUT2D eigenvalue weighted by atomic mass is 10.1. The minimum atomic E-state index is -4.63. The number of rotatable bonds is 6. The van der Waals surface area contributed by atoms with Crippen LogP contribution in [0.4, 0.5) is 18.9 Å². The number of alkyl halides is 3. The van der Waals surface area contributed by atoms with Gasteiger partial charge >= 0.3 is 6.18 Å². The minimum absolute atomic E-state index is 0.111. The molecule has 0 radical (unpaired) electrons. The molecule has 2 aromatic rings.